The fraction of sp³-hybridized carbons (Fsp3) is 0.632. The molecule has 0 saturated carbocycles. The van der Waals surface area contributed by atoms with Crippen LogP contribution in [0.4, 0.5) is 0 Å². The van der Waals surface area contributed by atoms with Crippen molar-refractivity contribution in [3.8, 4) is 0 Å². The van der Waals surface area contributed by atoms with Gasteiger partial charge in [-0.2, -0.15) is 0 Å². The van der Waals surface area contributed by atoms with Crippen molar-refractivity contribution in [2.24, 2.45) is 23.7 Å². The van der Waals surface area contributed by atoms with Crippen LogP contribution in [0.5, 0.6) is 0 Å². The first-order chi connectivity index (χ1) is 19.1. The Labute approximate surface area is 257 Å². The summed E-state index contributed by atoms with van der Waals surface area (Å²) in [6.45, 7) is 23.2. The zero-order chi connectivity index (χ0) is 29.1. The molecule has 0 bridgehead atoms. The molecule has 0 radical (unpaired) electrons. The highest BCUT2D eigenvalue weighted by atomic mass is 32.2. The standard InChI is InChI=1S/C38H58S2/c1-27(2)13-11-15-29(5)19-21-35-23-31(7)37(39-35)25-33-17-9-10-18-34(33)26-38-32(8)24-36(40-38)22-20-30(6)16-12-14-28(3)4/h9-10,17-18,23-24,27-30,37-38H,7-8,11-16,19-22,25-26H2,1-6H3. The van der Waals surface area contributed by atoms with E-state index < -0.39 is 0 Å². The van der Waals surface area contributed by atoms with Crippen molar-refractivity contribution in [3.05, 3.63) is 81.7 Å². The first-order valence-electron chi connectivity index (χ1n) is 16.3. The summed E-state index contributed by atoms with van der Waals surface area (Å²) in [4.78, 5) is 3.10. The van der Waals surface area contributed by atoms with Crippen molar-refractivity contribution >= 4 is 23.5 Å². The van der Waals surface area contributed by atoms with E-state index in [0.717, 1.165) is 36.5 Å². The summed E-state index contributed by atoms with van der Waals surface area (Å²) in [5.74, 6) is 3.29. The summed E-state index contributed by atoms with van der Waals surface area (Å²) in [6.07, 6.45) is 20.2. The average Bonchev–Trinajstić information content (AvgIpc) is 3.43. The Morgan fingerprint density at radius 3 is 1.38 bits per heavy atom. The summed E-state index contributed by atoms with van der Waals surface area (Å²) >= 11 is 4.16. The Morgan fingerprint density at radius 1 is 0.600 bits per heavy atom. The quantitative estimate of drug-likeness (QED) is 0.170. The van der Waals surface area contributed by atoms with E-state index in [9.17, 15) is 0 Å². The van der Waals surface area contributed by atoms with Crippen LogP contribution in [0.3, 0.4) is 0 Å². The molecule has 4 unspecified atom stereocenters. The van der Waals surface area contributed by atoms with Gasteiger partial charge in [-0.15, -0.1) is 23.5 Å². The summed E-state index contributed by atoms with van der Waals surface area (Å²) in [7, 11) is 0. The molecule has 1 aromatic rings. The lowest BCUT2D eigenvalue weighted by atomic mass is 9.94. The van der Waals surface area contributed by atoms with E-state index in [2.05, 4.69) is 115 Å². The third-order valence-electron chi connectivity index (χ3n) is 8.76. The van der Waals surface area contributed by atoms with Crippen LogP contribution in [0.25, 0.3) is 0 Å². The topological polar surface area (TPSA) is 0 Å². The van der Waals surface area contributed by atoms with Crippen LogP contribution in [-0.4, -0.2) is 10.5 Å². The first-order valence-corrected chi connectivity index (χ1v) is 18.0. The highest BCUT2D eigenvalue weighted by molar-refractivity contribution is 8.04. The van der Waals surface area contributed by atoms with Crippen LogP contribution >= 0.6 is 23.5 Å². The van der Waals surface area contributed by atoms with Gasteiger partial charge in [0.15, 0.2) is 0 Å². The fourth-order valence-electron chi connectivity index (χ4n) is 5.96. The molecule has 3 rings (SSSR count). The maximum atomic E-state index is 4.47. The van der Waals surface area contributed by atoms with Crippen molar-refractivity contribution in [2.75, 3.05) is 0 Å². The number of thioether (sulfide) groups is 2. The molecule has 0 saturated heterocycles. The highest BCUT2D eigenvalue weighted by Crippen LogP contribution is 2.43. The number of hydrogen-bond donors (Lipinski definition) is 0. The Bertz CT molecular complexity index is 929. The molecule has 222 valence electrons. The molecule has 0 nitrogen and oxygen atoms in total. The minimum atomic E-state index is 0.484. The molecule has 2 heteroatoms. The van der Waals surface area contributed by atoms with E-state index in [0.29, 0.717) is 10.5 Å². The lowest BCUT2D eigenvalue weighted by Crippen LogP contribution is -2.11. The third kappa shape index (κ3) is 11.6. The lowest BCUT2D eigenvalue weighted by Gasteiger charge is -2.18. The average molecular weight is 579 g/mol. The molecule has 0 spiro atoms. The van der Waals surface area contributed by atoms with Crippen LogP contribution in [-0.2, 0) is 12.8 Å². The van der Waals surface area contributed by atoms with Gasteiger partial charge in [-0.1, -0.05) is 117 Å². The number of rotatable bonds is 18. The van der Waals surface area contributed by atoms with Gasteiger partial charge in [-0.25, -0.2) is 0 Å². The molecule has 2 aliphatic heterocycles. The predicted molar refractivity (Wildman–Crippen MR) is 185 cm³/mol. The molecule has 0 amide bonds. The molecule has 4 atom stereocenters. The summed E-state index contributed by atoms with van der Waals surface area (Å²) in [5.41, 5.74) is 5.62. The normalized spacial score (nSPS) is 20.9. The van der Waals surface area contributed by atoms with E-state index in [4.69, 9.17) is 0 Å². The van der Waals surface area contributed by atoms with Gasteiger partial charge in [0, 0.05) is 10.5 Å². The van der Waals surface area contributed by atoms with Crippen molar-refractivity contribution in [2.45, 2.75) is 129 Å². The minimum absolute atomic E-state index is 0.484. The number of benzene rings is 1. The van der Waals surface area contributed by atoms with E-state index in [1.165, 1.54) is 86.5 Å². The molecule has 0 fully saturated rings. The lowest BCUT2D eigenvalue weighted by molar-refractivity contribution is 0.438. The molecule has 0 N–H and O–H groups in total. The van der Waals surface area contributed by atoms with Crippen LogP contribution < -0.4 is 0 Å². The van der Waals surface area contributed by atoms with Crippen molar-refractivity contribution < 1.29 is 0 Å². The van der Waals surface area contributed by atoms with Gasteiger partial charge < -0.3 is 0 Å². The molecule has 2 heterocycles. The van der Waals surface area contributed by atoms with Gasteiger partial charge in [-0.3, -0.25) is 0 Å². The van der Waals surface area contributed by atoms with Crippen LogP contribution in [0.15, 0.2) is 70.5 Å². The summed E-state index contributed by atoms with van der Waals surface area (Å²) < 4.78 is 0. The Hall–Kier alpha value is -1.12. The second-order valence-corrected chi connectivity index (χ2v) is 16.4. The first kappa shape index (κ1) is 33.4. The Balaban J connectivity index is 1.45. The van der Waals surface area contributed by atoms with E-state index in [1.807, 2.05) is 0 Å². The molecule has 1 aromatic carbocycles. The van der Waals surface area contributed by atoms with Gasteiger partial charge in [0.2, 0.25) is 0 Å². The predicted octanol–water partition coefficient (Wildman–Crippen LogP) is 12.4. The maximum Gasteiger partial charge on any atom is 0.0376 e. The van der Waals surface area contributed by atoms with Gasteiger partial charge in [-0.05, 0) is 106 Å². The molecule has 0 aromatic heterocycles. The van der Waals surface area contributed by atoms with Gasteiger partial charge in [0.1, 0.15) is 0 Å². The number of allylic oxidation sites excluding steroid dienone is 4. The van der Waals surface area contributed by atoms with E-state index in [-0.39, 0.29) is 0 Å². The Kier molecular flexibility index (Phi) is 14.3. The van der Waals surface area contributed by atoms with Gasteiger partial charge in [0.25, 0.3) is 0 Å². The zero-order valence-corrected chi connectivity index (χ0v) is 28.3. The van der Waals surface area contributed by atoms with Crippen LogP contribution in [0, 0.1) is 23.7 Å². The molecular weight excluding hydrogens is 521 g/mol. The van der Waals surface area contributed by atoms with Crippen molar-refractivity contribution in [1.82, 2.24) is 0 Å². The van der Waals surface area contributed by atoms with Crippen molar-refractivity contribution in [1.29, 1.82) is 0 Å². The highest BCUT2D eigenvalue weighted by Gasteiger charge is 2.26. The Morgan fingerprint density at radius 2 is 1.00 bits per heavy atom. The second-order valence-electron chi connectivity index (χ2n) is 13.7. The smallest absolute Gasteiger partial charge is 0.0376 e. The van der Waals surface area contributed by atoms with E-state index >= 15 is 0 Å². The number of hydrogen-bond acceptors (Lipinski definition) is 2. The fourth-order valence-corrected chi connectivity index (χ4v) is 8.57. The largest absolute Gasteiger partial charge is 0.122 e. The van der Waals surface area contributed by atoms with E-state index in [1.54, 1.807) is 9.81 Å². The molecule has 0 aliphatic carbocycles. The molecule has 40 heavy (non-hydrogen) atoms. The molecule has 2 aliphatic rings. The van der Waals surface area contributed by atoms with Gasteiger partial charge in [0.05, 0.1) is 0 Å². The van der Waals surface area contributed by atoms with Crippen molar-refractivity contribution in [3.63, 3.8) is 0 Å². The minimum Gasteiger partial charge on any atom is -0.122 e. The third-order valence-corrected chi connectivity index (χ3v) is 11.5. The molecular formula is C38H58S2. The zero-order valence-electron chi connectivity index (χ0n) is 26.6. The summed E-state index contributed by atoms with van der Waals surface area (Å²) in [5, 5.41) is 0.968. The second kappa shape index (κ2) is 17.1. The van der Waals surface area contributed by atoms with Crippen LogP contribution in [0.2, 0.25) is 0 Å². The monoisotopic (exact) mass is 578 g/mol. The summed E-state index contributed by atoms with van der Waals surface area (Å²) in [6, 6.07) is 9.14. The van der Waals surface area contributed by atoms with Gasteiger partial charge >= 0.3 is 0 Å². The SMILES string of the molecule is C=C1C=C(CCC(C)CCCC(C)C)SC1Cc1ccccc1CC1SC(CCC(C)CCCC(C)C)=CC1=C. The van der Waals surface area contributed by atoms with Crippen LogP contribution in [0.1, 0.15) is 117 Å². The maximum absolute atomic E-state index is 4.47.